The zero-order valence-electron chi connectivity index (χ0n) is 22.9. The van der Waals surface area contributed by atoms with E-state index in [9.17, 15) is 24.8 Å². The Morgan fingerprint density at radius 2 is 1.85 bits per heavy atom. The molecule has 3 aliphatic rings. The van der Waals surface area contributed by atoms with Crippen molar-refractivity contribution < 1.29 is 43.8 Å². The topological polar surface area (TPSA) is 232 Å². The fourth-order valence-corrected chi connectivity index (χ4v) is 5.35. The number of aliphatic imine (C=N–C) groups is 1. The number of hydrogen-bond acceptors (Lipinski definition) is 13. The van der Waals surface area contributed by atoms with E-state index in [1.54, 1.807) is 7.05 Å². The lowest BCUT2D eigenvalue weighted by atomic mass is 9.83. The highest BCUT2D eigenvalue weighted by molar-refractivity contribution is 5.84. The second-order valence-corrected chi connectivity index (χ2v) is 10.9. The van der Waals surface area contributed by atoms with Crippen molar-refractivity contribution in [1.29, 1.82) is 0 Å². The van der Waals surface area contributed by atoms with Gasteiger partial charge in [-0.05, 0) is 40.2 Å². The maximum atomic E-state index is 12.5. The Kier molecular flexibility index (Phi) is 11.8. The van der Waals surface area contributed by atoms with E-state index in [4.69, 9.17) is 36.1 Å². The van der Waals surface area contributed by atoms with E-state index in [-0.39, 0.29) is 31.5 Å². The Morgan fingerprint density at radius 1 is 1.15 bits per heavy atom. The molecule has 15 heteroatoms. The number of ether oxygens (including phenoxy) is 4. The molecule has 3 rings (SSSR count). The standard InChI is InChI=1S/C24H47FN6O8/c1-11(32)21(28)31-15-8-14(27)18(38-22-13(26)5-4-12(37-22)9-30-7-6-25)16(33)19(15)39-23-17(34)20(29-3)24(2,35)10-36-23/h11-20,22-23,29-30,32-35H,4-10,26-27H2,1-3H3,(H2,28,31). The van der Waals surface area contributed by atoms with Gasteiger partial charge in [0.25, 0.3) is 0 Å². The van der Waals surface area contributed by atoms with Crippen molar-refractivity contribution in [1.82, 2.24) is 10.6 Å². The molecule has 0 spiro atoms. The molecule has 0 amide bonds. The summed E-state index contributed by atoms with van der Waals surface area (Å²) in [6.07, 6.45) is -6.81. The maximum absolute atomic E-state index is 12.5. The van der Waals surface area contributed by atoms with Crippen molar-refractivity contribution in [2.24, 2.45) is 22.2 Å². The summed E-state index contributed by atoms with van der Waals surface area (Å²) in [4.78, 5) is 4.35. The van der Waals surface area contributed by atoms with Crippen LogP contribution in [0.3, 0.4) is 0 Å². The Bertz CT molecular complexity index is 798. The Hall–Kier alpha value is -1.08. The summed E-state index contributed by atoms with van der Waals surface area (Å²) >= 11 is 0. The average Bonchev–Trinajstić information content (AvgIpc) is 2.87. The van der Waals surface area contributed by atoms with Crippen LogP contribution in [0, 0.1) is 0 Å². The molecule has 2 saturated heterocycles. The zero-order valence-corrected chi connectivity index (χ0v) is 22.9. The van der Waals surface area contributed by atoms with E-state index in [2.05, 4.69) is 15.6 Å². The summed E-state index contributed by atoms with van der Waals surface area (Å²) in [5, 5.41) is 48.7. The number of nitrogens with one attached hydrogen (secondary N) is 2. The van der Waals surface area contributed by atoms with Crippen LogP contribution in [0.5, 0.6) is 0 Å². The summed E-state index contributed by atoms with van der Waals surface area (Å²) < 4.78 is 36.3. The number of aliphatic hydroxyl groups is 4. The highest BCUT2D eigenvalue weighted by Crippen LogP contribution is 2.33. The number of likely N-dealkylation sites (N-methyl/N-ethyl adjacent to an activating group) is 1. The molecule has 0 aromatic rings. The smallest absolute Gasteiger partial charge is 0.185 e. The van der Waals surface area contributed by atoms with E-state index in [0.717, 1.165) is 0 Å². The zero-order chi connectivity index (χ0) is 28.9. The van der Waals surface area contributed by atoms with Gasteiger partial charge in [-0.3, -0.25) is 4.99 Å². The van der Waals surface area contributed by atoms with Crippen LogP contribution in [0.4, 0.5) is 4.39 Å². The normalized spacial score (nSPS) is 44.8. The van der Waals surface area contributed by atoms with Crippen LogP contribution < -0.4 is 27.8 Å². The third-order valence-corrected chi connectivity index (χ3v) is 7.60. The lowest BCUT2D eigenvalue weighted by Crippen LogP contribution is -2.67. The third kappa shape index (κ3) is 8.02. The largest absolute Gasteiger partial charge is 0.388 e. The van der Waals surface area contributed by atoms with Gasteiger partial charge in [0.05, 0.1) is 30.8 Å². The minimum absolute atomic E-state index is 0.0743. The number of amidine groups is 1. The van der Waals surface area contributed by atoms with Crippen molar-refractivity contribution in [3.05, 3.63) is 0 Å². The number of hydrogen-bond donors (Lipinski definition) is 9. The first-order chi connectivity index (χ1) is 18.4. The summed E-state index contributed by atoms with van der Waals surface area (Å²) in [6.45, 7) is 2.97. The molecule has 2 heterocycles. The highest BCUT2D eigenvalue weighted by Gasteiger charge is 2.51. The number of aliphatic hydroxyl groups excluding tert-OH is 3. The van der Waals surface area contributed by atoms with Crippen molar-refractivity contribution in [3.63, 3.8) is 0 Å². The van der Waals surface area contributed by atoms with Crippen LogP contribution in [0.25, 0.3) is 0 Å². The minimum atomic E-state index is -1.38. The van der Waals surface area contributed by atoms with Crippen molar-refractivity contribution in [3.8, 4) is 0 Å². The van der Waals surface area contributed by atoms with Gasteiger partial charge in [0, 0.05) is 19.1 Å². The van der Waals surface area contributed by atoms with Crippen molar-refractivity contribution >= 4 is 5.84 Å². The van der Waals surface area contributed by atoms with E-state index < -0.39 is 79.5 Å². The van der Waals surface area contributed by atoms with Gasteiger partial charge >= 0.3 is 0 Å². The maximum Gasteiger partial charge on any atom is 0.185 e. The molecular weight excluding hydrogens is 519 g/mol. The second kappa shape index (κ2) is 14.2. The monoisotopic (exact) mass is 566 g/mol. The highest BCUT2D eigenvalue weighted by atomic mass is 19.1. The summed E-state index contributed by atoms with van der Waals surface area (Å²) in [7, 11) is 1.59. The van der Waals surface area contributed by atoms with Gasteiger partial charge in [0.2, 0.25) is 0 Å². The first-order valence-corrected chi connectivity index (χ1v) is 13.5. The number of alkyl halides is 1. The van der Waals surface area contributed by atoms with Crippen LogP contribution in [0.1, 0.15) is 33.1 Å². The summed E-state index contributed by atoms with van der Waals surface area (Å²) in [6, 6.07) is -2.81. The molecule has 14 nitrogen and oxygen atoms in total. The molecular formula is C24H47FN6O8. The third-order valence-electron chi connectivity index (χ3n) is 7.60. The fourth-order valence-electron chi connectivity index (χ4n) is 5.35. The van der Waals surface area contributed by atoms with Gasteiger partial charge in [0.1, 0.15) is 48.6 Å². The average molecular weight is 567 g/mol. The van der Waals surface area contributed by atoms with Crippen LogP contribution in [-0.2, 0) is 18.9 Å². The van der Waals surface area contributed by atoms with Gasteiger partial charge < -0.3 is 67.2 Å². The van der Waals surface area contributed by atoms with Crippen LogP contribution in [0.2, 0.25) is 0 Å². The second-order valence-electron chi connectivity index (χ2n) is 10.9. The first-order valence-electron chi connectivity index (χ1n) is 13.5. The molecule has 2 aliphatic heterocycles. The Morgan fingerprint density at radius 3 is 2.49 bits per heavy atom. The SMILES string of the molecule is CNC1C(O)C(OC2C(N=C(N)C(C)O)CC(N)C(OC3OC(CNCCF)CCC3N)C2O)OCC1(C)O. The molecule has 13 unspecified atom stereocenters. The molecule has 0 bridgehead atoms. The van der Waals surface area contributed by atoms with Crippen LogP contribution in [0.15, 0.2) is 4.99 Å². The van der Waals surface area contributed by atoms with Crippen molar-refractivity contribution in [2.75, 3.05) is 33.4 Å². The molecule has 3 fully saturated rings. The predicted molar refractivity (Wildman–Crippen MR) is 139 cm³/mol. The van der Waals surface area contributed by atoms with Gasteiger partial charge in [0.15, 0.2) is 12.6 Å². The van der Waals surface area contributed by atoms with Gasteiger partial charge in [-0.1, -0.05) is 0 Å². The van der Waals surface area contributed by atoms with Crippen LogP contribution in [-0.4, -0.2) is 139 Å². The van der Waals surface area contributed by atoms with Gasteiger partial charge in [-0.15, -0.1) is 0 Å². The summed E-state index contributed by atoms with van der Waals surface area (Å²) in [5.74, 6) is -0.0743. The Labute approximate surface area is 228 Å². The lowest BCUT2D eigenvalue weighted by molar-refractivity contribution is -0.306. The van der Waals surface area contributed by atoms with E-state index in [0.29, 0.717) is 19.4 Å². The van der Waals surface area contributed by atoms with E-state index in [1.165, 1.54) is 13.8 Å². The molecule has 0 radical (unpaired) electrons. The summed E-state index contributed by atoms with van der Waals surface area (Å²) in [5.41, 5.74) is 17.2. The molecule has 13 atom stereocenters. The van der Waals surface area contributed by atoms with Crippen molar-refractivity contribution in [2.45, 2.75) is 112 Å². The number of nitrogens with zero attached hydrogens (tertiary/aromatic N) is 1. The minimum Gasteiger partial charge on any atom is -0.388 e. The van der Waals surface area contributed by atoms with E-state index >= 15 is 0 Å². The molecule has 39 heavy (non-hydrogen) atoms. The number of rotatable bonds is 11. The molecule has 12 N–H and O–H groups in total. The van der Waals surface area contributed by atoms with Gasteiger partial charge in [-0.25, -0.2) is 4.39 Å². The lowest BCUT2D eigenvalue weighted by Gasteiger charge is -2.48. The van der Waals surface area contributed by atoms with E-state index in [1.807, 2.05) is 0 Å². The van der Waals surface area contributed by atoms with Gasteiger partial charge in [-0.2, -0.15) is 0 Å². The molecule has 0 aromatic carbocycles. The quantitative estimate of drug-likeness (QED) is 0.0669. The molecule has 228 valence electrons. The number of halogens is 1. The molecule has 1 aliphatic carbocycles. The predicted octanol–water partition coefficient (Wildman–Crippen LogP) is -3.60. The van der Waals surface area contributed by atoms with Crippen LogP contribution >= 0.6 is 0 Å². The fraction of sp³-hybridized carbons (Fsp3) is 0.958. The molecule has 0 aromatic heterocycles. The molecule has 1 saturated carbocycles. The number of nitrogens with two attached hydrogens (primary N) is 3. The first kappa shape index (κ1) is 32.4. The Balaban J connectivity index is 1.79.